The van der Waals surface area contributed by atoms with E-state index in [0.29, 0.717) is 29.5 Å². The minimum absolute atomic E-state index is 0.0424. The SMILES string of the molecule is COc1ccc(/C=N\OCc2nc3c4c(C)c(C)n(CCO)c4ncn3n2)cc1OC. The van der Waals surface area contributed by atoms with Gasteiger partial charge >= 0.3 is 0 Å². The summed E-state index contributed by atoms with van der Waals surface area (Å²) in [6, 6.07) is 5.46. The van der Waals surface area contributed by atoms with Crippen LogP contribution in [-0.4, -0.2) is 56.3 Å². The van der Waals surface area contributed by atoms with Gasteiger partial charge in [0.25, 0.3) is 0 Å². The second-order valence-corrected chi connectivity index (χ2v) is 6.95. The number of hydrogen-bond donors (Lipinski definition) is 1. The average molecular weight is 424 g/mol. The Hall–Kier alpha value is -3.66. The van der Waals surface area contributed by atoms with Crippen molar-refractivity contribution in [2.75, 3.05) is 20.8 Å². The van der Waals surface area contributed by atoms with E-state index in [-0.39, 0.29) is 13.2 Å². The van der Waals surface area contributed by atoms with Crippen LogP contribution in [0.4, 0.5) is 0 Å². The molecule has 3 heterocycles. The summed E-state index contributed by atoms with van der Waals surface area (Å²) in [4.78, 5) is 14.5. The Kier molecular flexibility index (Phi) is 5.72. The number of methoxy groups -OCH3 is 2. The highest BCUT2D eigenvalue weighted by molar-refractivity contribution is 5.93. The van der Waals surface area contributed by atoms with Gasteiger partial charge in [-0.3, -0.25) is 0 Å². The summed E-state index contributed by atoms with van der Waals surface area (Å²) in [5, 5.41) is 18.7. The van der Waals surface area contributed by atoms with Crippen molar-refractivity contribution in [1.29, 1.82) is 0 Å². The molecule has 0 aliphatic heterocycles. The van der Waals surface area contributed by atoms with Crippen LogP contribution in [0.2, 0.25) is 0 Å². The fourth-order valence-electron chi connectivity index (χ4n) is 3.54. The van der Waals surface area contributed by atoms with E-state index in [1.54, 1.807) is 43.4 Å². The molecule has 0 saturated carbocycles. The number of aliphatic hydroxyl groups is 1. The van der Waals surface area contributed by atoms with Gasteiger partial charge in [-0.2, -0.15) is 0 Å². The van der Waals surface area contributed by atoms with Crippen molar-refractivity contribution >= 4 is 22.9 Å². The molecule has 0 aliphatic rings. The molecule has 10 heteroatoms. The Morgan fingerprint density at radius 1 is 1.13 bits per heavy atom. The van der Waals surface area contributed by atoms with E-state index in [1.807, 2.05) is 24.5 Å². The van der Waals surface area contributed by atoms with E-state index < -0.39 is 0 Å². The van der Waals surface area contributed by atoms with Gasteiger partial charge in [0, 0.05) is 17.8 Å². The highest BCUT2D eigenvalue weighted by Gasteiger charge is 2.17. The van der Waals surface area contributed by atoms with Gasteiger partial charge in [0.1, 0.15) is 12.0 Å². The summed E-state index contributed by atoms with van der Waals surface area (Å²) >= 11 is 0. The molecule has 0 bridgehead atoms. The first kappa shape index (κ1) is 20.6. The third kappa shape index (κ3) is 3.77. The normalized spacial score (nSPS) is 11.6. The fourth-order valence-corrected chi connectivity index (χ4v) is 3.54. The first-order valence-corrected chi connectivity index (χ1v) is 9.75. The zero-order chi connectivity index (χ0) is 22.0. The van der Waals surface area contributed by atoms with Gasteiger partial charge in [0.15, 0.2) is 29.6 Å². The van der Waals surface area contributed by atoms with E-state index in [0.717, 1.165) is 27.9 Å². The number of oxime groups is 1. The van der Waals surface area contributed by atoms with Crippen molar-refractivity contribution in [2.24, 2.45) is 5.16 Å². The van der Waals surface area contributed by atoms with Crippen LogP contribution in [0.15, 0.2) is 29.7 Å². The van der Waals surface area contributed by atoms with Crippen LogP contribution < -0.4 is 9.47 Å². The highest BCUT2D eigenvalue weighted by Crippen LogP contribution is 2.27. The van der Waals surface area contributed by atoms with Crippen LogP contribution >= 0.6 is 0 Å². The fraction of sp³-hybridized carbons (Fsp3) is 0.333. The van der Waals surface area contributed by atoms with E-state index in [4.69, 9.17) is 14.3 Å². The molecule has 0 atom stereocenters. The van der Waals surface area contributed by atoms with Crippen LogP contribution in [-0.2, 0) is 18.0 Å². The zero-order valence-corrected chi connectivity index (χ0v) is 17.9. The Balaban J connectivity index is 1.54. The number of aryl methyl sites for hydroxylation is 1. The van der Waals surface area contributed by atoms with Gasteiger partial charge < -0.3 is 24.0 Å². The molecule has 0 aliphatic carbocycles. The molecule has 3 aromatic heterocycles. The van der Waals surface area contributed by atoms with E-state index >= 15 is 0 Å². The zero-order valence-electron chi connectivity index (χ0n) is 17.9. The van der Waals surface area contributed by atoms with Crippen molar-refractivity contribution in [1.82, 2.24) is 24.1 Å². The van der Waals surface area contributed by atoms with Gasteiger partial charge in [-0.1, -0.05) is 5.16 Å². The predicted molar refractivity (Wildman–Crippen MR) is 115 cm³/mol. The number of aromatic nitrogens is 5. The second kappa shape index (κ2) is 8.60. The second-order valence-electron chi connectivity index (χ2n) is 6.95. The van der Waals surface area contributed by atoms with Crippen molar-refractivity contribution in [2.45, 2.75) is 27.0 Å². The molecular weight excluding hydrogens is 400 g/mol. The van der Waals surface area contributed by atoms with E-state index in [2.05, 4.69) is 20.2 Å². The predicted octanol–water partition coefficient (Wildman–Crippen LogP) is 2.26. The van der Waals surface area contributed by atoms with Crippen molar-refractivity contribution in [3.05, 3.63) is 47.2 Å². The Bertz CT molecular complexity index is 1260. The molecule has 0 radical (unpaired) electrons. The first-order valence-electron chi connectivity index (χ1n) is 9.75. The highest BCUT2D eigenvalue weighted by atomic mass is 16.6. The summed E-state index contributed by atoms with van der Waals surface area (Å²) in [7, 11) is 3.17. The molecule has 0 fully saturated rings. The molecule has 0 amide bonds. The van der Waals surface area contributed by atoms with Crippen LogP contribution in [0.5, 0.6) is 11.5 Å². The first-order chi connectivity index (χ1) is 15.1. The van der Waals surface area contributed by atoms with Crippen LogP contribution in [0.25, 0.3) is 16.7 Å². The maximum absolute atomic E-state index is 9.36. The third-order valence-corrected chi connectivity index (χ3v) is 5.19. The van der Waals surface area contributed by atoms with Crippen molar-refractivity contribution in [3.8, 4) is 11.5 Å². The Labute approximate surface area is 178 Å². The van der Waals surface area contributed by atoms with Gasteiger partial charge in [0.05, 0.1) is 32.4 Å². The maximum atomic E-state index is 9.36. The lowest BCUT2D eigenvalue weighted by Gasteiger charge is -2.07. The molecule has 0 saturated heterocycles. The Morgan fingerprint density at radius 2 is 1.94 bits per heavy atom. The molecule has 4 rings (SSSR count). The smallest absolute Gasteiger partial charge is 0.192 e. The third-order valence-electron chi connectivity index (χ3n) is 5.19. The maximum Gasteiger partial charge on any atom is 0.192 e. The van der Waals surface area contributed by atoms with Crippen LogP contribution in [0.3, 0.4) is 0 Å². The monoisotopic (exact) mass is 424 g/mol. The number of fused-ring (bicyclic) bond motifs is 3. The molecule has 1 aromatic carbocycles. The molecule has 4 aromatic rings. The number of aliphatic hydroxyl groups excluding tert-OH is 1. The van der Waals surface area contributed by atoms with E-state index in [9.17, 15) is 5.11 Å². The minimum atomic E-state index is 0.0424. The quantitative estimate of drug-likeness (QED) is 0.341. The molecule has 0 unspecified atom stereocenters. The number of ether oxygens (including phenoxy) is 2. The molecule has 162 valence electrons. The molecular formula is C21H24N6O4. The van der Waals surface area contributed by atoms with Crippen molar-refractivity contribution < 1.29 is 19.4 Å². The average Bonchev–Trinajstić information content (AvgIpc) is 3.31. The number of benzene rings is 1. The summed E-state index contributed by atoms with van der Waals surface area (Å²) in [5.74, 6) is 1.75. The number of rotatable bonds is 8. The van der Waals surface area contributed by atoms with Crippen molar-refractivity contribution in [3.63, 3.8) is 0 Å². The lowest BCUT2D eigenvalue weighted by atomic mass is 10.2. The van der Waals surface area contributed by atoms with Gasteiger partial charge in [0.2, 0.25) is 0 Å². The molecule has 1 N–H and O–H groups in total. The molecule has 0 spiro atoms. The lowest BCUT2D eigenvalue weighted by molar-refractivity contribution is 0.126. The largest absolute Gasteiger partial charge is 0.493 e. The van der Waals surface area contributed by atoms with E-state index in [1.165, 1.54) is 0 Å². The number of hydrogen-bond acceptors (Lipinski definition) is 8. The van der Waals surface area contributed by atoms with Gasteiger partial charge in [-0.05, 0) is 37.6 Å². The lowest BCUT2D eigenvalue weighted by Crippen LogP contribution is -2.05. The number of nitrogens with zero attached hydrogens (tertiary/aromatic N) is 6. The summed E-state index contributed by atoms with van der Waals surface area (Å²) in [5.41, 5.74) is 4.40. The summed E-state index contributed by atoms with van der Waals surface area (Å²) < 4.78 is 14.1. The molecule has 10 nitrogen and oxygen atoms in total. The van der Waals surface area contributed by atoms with Gasteiger partial charge in [-0.25, -0.2) is 14.5 Å². The van der Waals surface area contributed by atoms with Gasteiger partial charge in [-0.15, -0.1) is 5.10 Å². The Morgan fingerprint density at radius 3 is 2.68 bits per heavy atom. The standard InChI is InChI=1S/C21H24N6O4/c1-13-14(2)26(7-8-28)20-19(13)21-24-18(25-27(21)12-22-20)11-31-23-10-15-5-6-16(29-3)17(9-15)30-4/h5-6,9-10,12,28H,7-8,11H2,1-4H3/b23-10-. The summed E-state index contributed by atoms with van der Waals surface area (Å²) in [6.45, 7) is 4.66. The minimum Gasteiger partial charge on any atom is -0.493 e. The van der Waals surface area contributed by atoms with Crippen LogP contribution in [0.1, 0.15) is 22.6 Å². The van der Waals surface area contributed by atoms with Crippen LogP contribution in [0, 0.1) is 13.8 Å². The molecule has 31 heavy (non-hydrogen) atoms. The topological polar surface area (TPSA) is 108 Å². The summed E-state index contributed by atoms with van der Waals surface area (Å²) in [6.07, 6.45) is 3.20.